The number of esters is 1. The van der Waals surface area contributed by atoms with Crippen LogP contribution in [0.4, 0.5) is 0 Å². The van der Waals surface area contributed by atoms with Crippen LogP contribution >= 0.6 is 11.3 Å². The van der Waals surface area contributed by atoms with E-state index in [9.17, 15) is 10.1 Å². The molecule has 1 aromatic heterocycles. The topological polar surface area (TPSA) is 104 Å². The van der Waals surface area contributed by atoms with E-state index in [1.54, 1.807) is 46.3 Å². The van der Waals surface area contributed by atoms with Gasteiger partial charge in [0, 0.05) is 10.4 Å². The van der Waals surface area contributed by atoms with Gasteiger partial charge < -0.3 is 24.7 Å². The van der Waals surface area contributed by atoms with Crippen LogP contribution in [-0.4, -0.2) is 26.8 Å². The van der Waals surface area contributed by atoms with Crippen molar-refractivity contribution in [2.45, 2.75) is 19.8 Å². The SMILES string of the molecule is CCOC(=O)c1c(C)sc2c1OC(N)=C(C#N)C2c1cc(OC)ccc1OC. The number of hydrogen-bond donors (Lipinski definition) is 1. The van der Waals surface area contributed by atoms with E-state index in [4.69, 9.17) is 24.7 Å². The molecule has 2 aromatic rings. The van der Waals surface area contributed by atoms with Crippen molar-refractivity contribution in [2.75, 3.05) is 20.8 Å². The lowest BCUT2D eigenvalue weighted by Crippen LogP contribution is -2.21. The summed E-state index contributed by atoms with van der Waals surface area (Å²) < 4.78 is 21.7. The van der Waals surface area contributed by atoms with Gasteiger partial charge in [-0.25, -0.2) is 4.79 Å². The molecule has 1 aromatic carbocycles. The Labute approximate surface area is 166 Å². The first-order valence-corrected chi connectivity index (χ1v) is 9.38. The van der Waals surface area contributed by atoms with Gasteiger partial charge in [-0.2, -0.15) is 5.26 Å². The molecule has 0 saturated heterocycles. The van der Waals surface area contributed by atoms with Gasteiger partial charge in [0.25, 0.3) is 0 Å². The summed E-state index contributed by atoms with van der Waals surface area (Å²) in [5.74, 6) is 0.426. The Morgan fingerprint density at radius 2 is 2.11 bits per heavy atom. The highest BCUT2D eigenvalue weighted by atomic mass is 32.1. The molecule has 0 amide bonds. The number of fused-ring (bicyclic) bond motifs is 1. The third kappa shape index (κ3) is 3.14. The lowest BCUT2D eigenvalue weighted by molar-refractivity contribution is 0.0522. The first-order valence-electron chi connectivity index (χ1n) is 8.56. The Hall–Kier alpha value is -3.18. The molecule has 0 saturated carbocycles. The molecular formula is C20H20N2O5S. The van der Waals surface area contributed by atoms with Crippen LogP contribution in [0.5, 0.6) is 17.2 Å². The fraction of sp³-hybridized carbons (Fsp3) is 0.300. The monoisotopic (exact) mass is 400 g/mol. The highest BCUT2D eigenvalue weighted by molar-refractivity contribution is 7.12. The fourth-order valence-electron chi connectivity index (χ4n) is 3.20. The predicted octanol–water partition coefficient (Wildman–Crippen LogP) is 3.47. The minimum Gasteiger partial charge on any atom is -0.497 e. The Balaban J connectivity index is 2.27. The van der Waals surface area contributed by atoms with E-state index >= 15 is 0 Å². The first-order chi connectivity index (χ1) is 13.5. The van der Waals surface area contributed by atoms with Crippen LogP contribution in [0.1, 0.15) is 38.5 Å². The van der Waals surface area contributed by atoms with Crippen molar-refractivity contribution in [3.05, 3.63) is 50.5 Å². The molecule has 3 rings (SSSR count). The molecule has 0 fully saturated rings. The second-order valence-electron chi connectivity index (χ2n) is 5.98. The number of ether oxygens (including phenoxy) is 4. The molecular weight excluding hydrogens is 380 g/mol. The summed E-state index contributed by atoms with van der Waals surface area (Å²) in [5.41, 5.74) is 7.33. The summed E-state index contributed by atoms with van der Waals surface area (Å²) >= 11 is 1.36. The maximum absolute atomic E-state index is 12.5. The number of thiophene rings is 1. The molecule has 1 aliphatic rings. The van der Waals surface area contributed by atoms with E-state index < -0.39 is 11.9 Å². The van der Waals surface area contributed by atoms with Crippen molar-refractivity contribution < 1.29 is 23.7 Å². The highest BCUT2D eigenvalue weighted by Crippen LogP contribution is 2.51. The van der Waals surface area contributed by atoms with Crippen molar-refractivity contribution in [3.8, 4) is 23.3 Å². The molecule has 2 heterocycles. The van der Waals surface area contributed by atoms with Gasteiger partial charge in [0.1, 0.15) is 28.7 Å². The van der Waals surface area contributed by atoms with Crippen molar-refractivity contribution in [2.24, 2.45) is 5.73 Å². The molecule has 1 unspecified atom stereocenters. The Bertz CT molecular complexity index is 1000. The first kappa shape index (κ1) is 19.6. The van der Waals surface area contributed by atoms with Crippen molar-refractivity contribution in [1.82, 2.24) is 0 Å². The summed E-state index contributed by atoms with van der Waals surface area (Å²) in [6.45, 7) is 3.78. The number of benzene rings is 1. The minimum atomic E-state index is -0.550. The van der Waals surface area contributed by atoms with Crippen LogP contribution in [0.15, 0.2) is 29.7 Å². The summed E-state index contributed by atoms with van der Waals surface area (Å²) in [7, 11) is 3.11. The zero-order valence-electron chi connectivity index (χ0n) is 16.0. The Kier molecular flexibility index (Phi) is 5.47. The van der Waals surface area contributed by atoms with Gasteiger partial charge in [0.2, 0.25) is 5.88 Å². The van der Waals surface area contributed by atoms with Crippen molar-refractivity contribution >= 4 is 17.3 Å². The number of carbonyl (C=O) groups excluding carboxylic acids is 1. The second kappa shape index (κ2) is 7.82. The molecule has 2 N–H and O–H groups in total. The quantitative estimate of drug-likeness (QED) is 0.766. The van der Waals surface area contributed by atoms with E-state index in [0.29, 0.717) is 33.3 Å². The third-order valence-corrected chi connectivity index (χ3v) is 5.59. The molecule has 8 heteroatoms. The van der Waals surface area contributed by atoms with Crippen LogP contribution in [0.3, 0.4) is 0 Å². The molecule has 7 nitrogen and oxygen atoms in total. The lowest BCUT2D eigenvalue weighted by atomic mass is 9.87. The zero-order valence-corrected chi connectivity index (χ0v) is 16.8. The molecule has 1 atom stereocenters. The summed E-state index contributed by atoms with van der Waals surface area (Å²) in [6.07, 6.45) is 0. The second-order valence-corrected chi connectivity index (χ2v) is 7.24. The van der Waals surface area contributed by atoms with Gasteiger partial charge in [-0.15, -0.1) is 11.3 Å². The largest absolute Gasteiger partial charge is 0.497 e. The van der Waals surface area contributed by atoms with Gasteiger partial charge in [-0.3, -0.25) is 0 Å². The van der Waals surface area contributed by atoms with Crippen molar-refractivity contribution in [1.29, 1.82) is 5.26 Å². The van der Waals surface area contributed by atoms with E-state index in [0.717, 1.165) is 4.88 Å². The predicted molar refractivity (Wildman–Crippen MR) is 104 cm³/mol. The third-order valence-electron chi connectivity index (χ3n) is 4.44. The number of nitriles is 1. The maximum Gasteiger partial charge on any atom is 0.343 e. The number of aryl methyl sites for hydroxylation is 1. The van der Waals surface area contributed by atoms with E-state index in [-0.39, 0.29) is 18.1 Å². The number of rotatable bonds is 5. The van der Waals surface area contributed by atoms with Gasteiger partial charge in [0.05, 0.1) is 31.6 Å². The highest BCUT2D eigenvalue weighted by Gasteiger charge is 2.38. The van der Waals surface area contributed by atoms with Crippen molar-refractivity contribution in [3.63, 3.8) is 0 Å². The summed E-state index contributed by atoms with van der Waals surface area (Å²) in [4.78, 5) is 13.9. The van der Waals surface area contributed by atoms with Crippen LogP contribution in [0, 0.1) is 18.3 Å². The number of nitrogens with zero attached hydrogens (tertiary/aromatic N) is 1. The van der Waals surface area contributed by atoms with E-state index in [1.807, 2.05) is 0 Å². The van der Waals surface area contributed by atoms with Gasteiger partial charge in [-0.05, 0) is 32.0 Å². The van der Waals surface area contributed by atoms with Crippen LogP contribution in [0.2, 0.25) is 0 Å². The fourth-order valence-corrected chi connectivity index (χ4v) is 4.40. The van der Waals surface area contributed by atoms with Gasteiger partial charge in [0.15, 0.2) is 5.75 Å². The number of nitrogens with two attached hydrogens (primary N) is 1. The van der Waals surface area contributed by atoms with Crippen LogP contribution in [-0.2, 0) is 4.74 Å². The smallest absolute Gasteiger partial charge is 0.343 e. The Morgan fingerprint density at radius 3 is 2.71 bits per heavy atom. The van der Waals surface area contributed by atoms with Crippen LogP contribution in [0.25, 0.3) is 0 Å². The molecule has 28 heavy (non-hydrogen) atoms. The zero-order chi connectivity index (χ0) is 20.4. The molecule has 146 valence electrons. The molecule has 0 radical (unpaired) electrons. The lowest BCUT2D eigenvalue weighted by Gasteiger charge is -2.25. The van der Waals surface area contributed by atoms with E-state index in [2.05, 4.69) is 6.07 Å². The number of allylic oxidation sites excluding steroid dienone is 1. The average Bonchev–Trinajstić information content (AvgIpc) is 3.01. The summed E-state index contributed by atoms with van der Waals surface area (Å²) in [6, 6.07) is 7.47. The number of carbonyl (C=O) groups is 1. The molecule has 0 bridgehead atoms. The van der Waals surface area contributed by atoms with E-state index in [1.165, 1.54) is 11.3 Å². The standard InChI is InChI=1S/C20H20N2O5S/c1-5-26-20(23)15-10(2)28-18-16(13(9-21)19(22)27-17(15)18)12-8-11(24-3)6-7-14(12)25-4/h6-8,16H,5,22H2,1-4H3. The molecule has 1 aliphatic heterocycles. The summed E-state index contributed by atoms with van der Waals surface area (Å²) in [5, 5.41) is 9.75. The van der Waals surface area contributed by atoms with Crippen LogP contribution < -0.4 is 19.9 Å². The molecule has 0 spiro atoms. The normalized spacial score (nSPS) is 15.3. The average molecular weight is 400 g/mol. The Morgan fingerprint density at radius 1 is 1.36 bits per heavy atom. The minimum absolute atomic E-state index is 0.0479. The number of hydrogen-bond acceptors (Lipinski definition) is 8. The van der Waals surface area contributed by atoms with Gasteiger partial charge >= 0.3 is 5.97 Å². The number of methoxy groups -OCH3 is 2. The van der Waals surface area contributed by atoms with Gasteiger partial charge in [-0.1, -0.05) is 0 Å². The molecule has 0 aliphatic carbocycles. The maximum atomic E-state index is 12.5.